The summed E-state index contributed by atoms with van der Waals surface area (Å²) >= 11 is 0. The average molecular weight is 329 g/mol. The summed E-state index contributed by atoms with van der Waals surface area (Å²) in [6.07, 6.45) is 2.24. The maximum absolute atomic E-state index is 14.2. The van der Waals surface area contributed by atoms with Crippen molar-refractivity contribution in [1.82, 2.24) is 25.3 Å². The summed E-state index contributed by atoms with van der Waals surface area (Å²) in [7, 11) is 0. The highest BCUT2D eigenvalue weighted by Gasteiger charge is 2.15. The molecule has 0 aliphatic carbocycles. The number of halogens is 1. The lowest BCUT2D eigenvalue weighted by atomic mass is 10.2. The van der Waals surface area contributed by atoms with Crippen LogP contribution in [0.25, 0.3) is 5.65 Å². The maximum atomic E-state index is 14.2. The van der Waals surface area contributed by atoms with Crippen LogP contribution in [0.4, 0.5) is 21.6 Å². The molecule has 1 aliphatic rings. The largest absolute Gasteiger partial charge is 0.380 e. The highest BCUT2D eigenvalue weighted by atomic mass is 19.1. The lowest BCUT2D eigenvalue weighted by molar-refractivity contribution is 0.120. The number of ether oxygens (including phenoxy) is 1. The fraction of sp³-hybridized carbons (Fsp3) is 0.333. The first kappa shape index (κ1) is 14.8. The zero-order valence-corrected chi connectivity index (χ0v) is 12.8. The van der Waals surface area contributed by atoms with Crippen LogP contribution in [0.5, 0.6) is 0 Å². The Labute approximate surface area is 137 Å². The second kappa shape index (κ2) is 6.36. The van der Waals surface area contributed by atoms with Crippen molar-refractivity contribution in [2.24, 2.45) is 0 Å². The summed E-state index contributed by atoms with van der Waals surface area (Å²) in [4.78, 5) is 0. The lowest BCUT2D eigenvalue weighted by Gasteiger charge is -2.13. The molecule has 1 fully saturated rings. The van der Waals surface area contributed by atoms with Crippen LogP contribution in [0.2, 0.25) is 0 Å². The molecule has 3 aromatic rings. The molecule has 2 aromatic heterocycles. The third-order valence-electron chi connectivity index (χ3n) is 3.86. The van der Waals surface area contributed by atoms with Crippen LogP contribution in [-0.2, 0) is 4.74 Å². The first-order chi connectivity index (χ1) is 11.8. The predicted molar refractivity (Wildman–Crippen MR) is 85.7 cm³/mol. The van der Waals surface area contributed by atoms with Crippen LogP contribution in [0.3, 0.4) is 0 Å². The maximum Gasteiger partial charge on any atom is 0.200 e. The van der Waals surface area contributed by atoms with Crippen LogP contribution >= 0.6 is 0 Å². The van der Waals surface area contributed by atoms with Crippen molar-refractivity contribution in [3.63, 3.8) is 0 Å². The number of hydrogen-bond acceptors (Lipinski definition) is 7. The van der Waals surface area contributed by atoms with Crippen LogP contribution in [0.15, 0.2) is 30.3 Å². The molecule has 124 valence electrons. The number of nitrogens with zero attached hydrogens (tertiary/aromatic N) is 5. The summed E-state index contributed by atoms with van der Waals surface area (Å²) < 4.78 is 21.1. The Morgan fingerprint density at radius 2 is 2.25 bits per heavy atom. The highest BCUT2D eigenvalue weighted by Crippen LogP contribution is 2.22. The van der Waals surface area contributed by atoms with Gasteiger partial charge in [0.05, 0.1) is 11.8 Å². The van der Waals surface area contributed by atoms with Gasteiger partial charge in [-0.1, -0.05) is 0 Å². The van der Waals surface area contributed by atoms with E-state index in [-0.39, 0.29) is 11.9 Å². The van der Waals surface area contributed by atoms with E-state index in [0.29, 0.717) is 29.4 Å². The van der Waals surface area contributed by atoms with Gasteiger partial charge in [0.15, 0.2) is 11.5 Å². The van der Waals surface area contributed by atoms with Crippen molar-refractivity contribution in [3.05, 3.63) is 36.1 Å². The minimum Gasteiger partial charge on any atom is -0.380 e. The van der Waals surface area contributed by atoms with Crippen LogP contribution < -0.4 is 10.6 Å². The molecule has 1 aliphatic heterocycles. The van der Waals surface area contributed by atoms with E-state index in [1.54, 1.807) is 24.3 Å². The standard InChI is InChI=1S/C15H16FN7O/c16-12-8-10(3-4-13(12)17-9-11-2-1-7-24-11)18-14-5-6-15-19-21-22-23(15)20-14/h3-6,8,11,17H,1-2,7,9H2,(H,18,20)/t11-/m1/s1. The number of benzene rings is 1. The van der Waals surface area contributed by atoms with E-state index in [1.807, 2.05) is 0 Å². The number of aromatic nitrogens is 5. The summed E-state index contributed by atoms with van der Waals surface area (Å²) in [6.45, 7) is 1.40. The molecule has 0 spiro atoms. The molecule has 9 heteroatoms. The monoisotopic (exact) mass is 329 g/mol. The number of tetrazole rings is 1. The Kier molecular flexibility index (Phi) is 3.91. The molecule has 0 radical (unpaired) electrons. The van der Waals surface area contributed by atoms with Crippen molar-refractivity contribution in [1.29, 1.82) is 0 Å². The van der Waals surface area contributed by atoms with Crippen LogP contribution in [0, 0.1) is 5.82 Å². The normalized spacial score (nSPS) is 17.3. The van der Waals surface area contributed by atoms with Crippen molar-refractivity contribution < 1.29 is 9.13 Å². The van der Waals surface area contributed by atoms with E-state index in [0.717, 1.165) is 19.4 Å². The van der Waals surface area contributed by atoms with Gasteiger partial charge in [-0.3, -0.25) is 0 Å². The molecule has 0 saturated carbocycles. The number of hydrogen-bond donors (Lipinski definition) is 2. The molecular formula is C15H16FN7O. The Balaban J connectivity index is 1.44. The number of rotatable bonds is 5. The van der Waals surface area contributed by atoms with E-state index in [4.69, 9.17) is 4.74 Å². The van der Waals surface area contributed by atoms with Gasteiger partial charge in [-0.25, -0.2) is 4.39 Å². The van der Waals surface area contributed by atoms with Crippen molar-refractivity contribution in [2.75, 3.05) is 23.8 Å². The summed E-state index contributed by atoms with van der Waals surface area (Å²) in [5.74, 6) is 0.191. The third-order valence-corrected chi connectivity index (χ3v) is 3.86. The van der Waals surface area contributed by atoms with Gasteiger partial charge in [-0.05, 0) is 53.6 Å². The topological polar surface area (TPSA) is 89.3 Å². The second-order valence-corrected chi connectivity index (χ2v) is 5.58. The van der Waals surface area contributed by atoms with E-state index in [2.05, 4.69) is 31.3 Å². The van der Waals surface area contributed by atoms with Crippen LogP contribution in [-0.4, -0.2) is 44.5 Å². The smallest absolute Gasteiger partial charge is 0.200 e. The first-order valence-electron chi connectivity index (χ1n) is 7.75. The van der Waals surface area contributed by atoms with Gasteiger partial charge >= 0.3 is 0 Å². The molecular weight excluding hydrogens is 313 g/mol. The Hall–Kier alpha value is -2.81. The number of anilines is 3. The highest BCUT2D eigenvalue weighted by molar-refractivity contribution is 5.61. The molecule has 3 heterocycles. The average Bonchev–Trinajstić information content (AvgIpc) is 3.25. The Bertz CT molecular complexity index is 847. The summed E-state index contributed by atoms with van der Waals surface area (Å²) in [6, 6.07) is 8.36. The molecule has 0 unspecified atom stereocenters. The van der Waals surface area contributed by atoms with Gasteiger partial charge in [-0.2, -0.15) is 0 Å². The molecule has 8 nitrogen and oxygen atoms in total. The van der Waals surface area contributed by atoms with E-state index >= 15 is 0 Å². The van der Waals surface area contributed by atoms with E-state index < -0.39 is 0 Å². The van der Waals surface area contributed by atoms with Crippen molar-refractivity contribution in [3.8, 4) is 0 Å². The fourth-order valence-electron chi connectivity index (χ4n) is 2.63. The molecule has 1 aromatic carbocycles. The van der Waals surface area contributed by atoms with Gasteiger partial charge in [-0.15, -0.1) is 14.8 Å². The predicted octanol–water partition coefficient (Wildman–Crippen LogP) is 1.99. The summed E-state index contributed by atoms with van der Waals surface area (Å²) in [5, 5.41) is 21.3. The summed E-state index contributed by atoms with van der Waals surface area (Å²) in [5.41, 5.74) is 1.59. The SMILES string of the molecule is Fc1cc(Nc2ccc3nnnn3n2)ccc1NC[C@H]1CCCO1. The molecule has 0 amide bonds. The minimum absolute atomic E-state index is 0.161. The molecule has 1 atom stereocenters. The Morgan fingerprint density at radius 1 is 1.29 bits per heavy atom. The number of nitrogens with one attached hydrogen (secondary N) is 2. The molecule has 24 heavy (non-hydrogen) atoms. The van der Waals surface area contributed by atoms with Gasteiger partial charge < -0.3 is 15.4 Å². The zero-order chi connectivity index (χ0) is 16.4. The van der Waals surface area contributed by atoms with Gasteiger partial charge in [0.25, 0.3) is 0 Å². The molecule has 2 N–H and O–H groups in total. The van der Waals surface area contributed by atoms with Gasteiger partial charge in [0, 0.05) is 18.8 Å². The van der Waals surface area contributed by atoms with E-state index in [1.165, 1.54) is 10.7 Å². The van der Waals surface area contributed by atoms with Crippen LogP contribution in [0.1, 0.15) is 12.8 Å². The van der Waals surface area contributed by atoms with Gasteiger partial charge in [0.1, 0.15) is 5.82 Å². The van der Waals surface area contributed by atoms with Gasteiger partial charge in [0.2, 0.25) is 0 Å². The molecule has 4 rings (SSSR count). The second-order valence-electron chi connectivity index (χ2n) is 5.58. The minimum atomic E-state index is -0.332. The van der Waals surface area contributed by atoms with E-state index in [9.17, 15) is 4.39 Å². The van der Waals surface area contributed by atoms with Crippen molar-refractivity contribution >= 4 is 22.8 Å². The van der Waals surface area contributed by atoms with Crippen molar-refractivity contribution in [2.45, 2.75) is 18.9 Å². The zero-order valence-electron chi connectivity index (χ0n) is 12.8. The molecule has 1 saturated heterocycles. The quantitative estimate of drug-likeness (QED) is 0.740. The Morgan fingerprint density at radius 3 is 3.08 bits per heavy atom. The molecule has 0 bridgehead atoms. The first-order valence-corrected chi connectivity index (χ1v) is 7.75. The number of fused-ring (bicyclic) bond motifs is 1. The lowest BCUT2D eigenvalue weighted by Crippen LogP contribution is -2.18. The fourth-order valence-corrected chi connectivity index (χ4v) is 2.63. The third kappa shape index (κ3) is 3.11.